The predicted molar refractivity (Wildman–Crippen MR) is 52.5 cm³/mol. The molecule has 1 aliphatic rings. The molecule has 0 spiro atoms. The average molecular weight is 186 g/mol. The van der Waals surface area contributed by atoms with E-state index >= 15 is 0 Å². The summed E-state index contributed by atoms with van der Waals surface area (Å²) in [6, 6.07) is 0. The summed E-state index contributed by atoms with van der Waals surface area (Å²) in [5, 5.41) is 5.01. The smallest absolute Gasteiger partial charge is 0.0505 e. The van der Waals surface area contributed by atoms with E-state index in [1.165, 1.54) is 30.8 Å². The lowest BCUT2D eigenvalue weighted by Gasteiger charge is -2.10. The molecule has 0 aromatic heterocycles. The van der Waals surface area contributed by atoms with Crippen LogP contribution in [0.4, 0.5) is 0 Å². The summed E-state index contributed by atoms with van der Waals surface area (Å²) >= 11 is 5.92. The molecular weight excluding hydrogens is 176 g/mol. The first-order chi connectivity index (χ1) is 5.43. The first-order valence-electron chi connectivity index (χ1n) is 3.67. The van der Waals surface area contributed by atoms with Crippen LogP contribution in [0.5, 0.6) is 0 Å². The van der Waals surface area contributed by atoms with Gasteiger partial charge in [-0.25, -0.2) is 0 Å². The maximum absolute atomic E-state index is 4.41. The van der Waals surface area contributed by atoms with Crippen LogP contribution in [-0.4, -0.2) is 27.7 Å². The zero-order valence-electron chi connectivity index (χ0n) is 6.25. The molecule has 0 atom stereocenters. The number of isothiocyanates is 2. The van der Waals surface area contributed by atoms with Crippen LogP contribution in [0.3, 0.4) is 0 Å². The first-order valence-corrected chi connectivity index (χ1v) is 4.85. The zero-order valence-corrected chi connectivity index (χ0v) is 7.88. The number of nitrogens with zero attached hydrogens (tertiary/aromatic N) is 2. The number of hydrogen-bond donors (Lipinski definition) is 0. The van der Waals surface area contributed by atoms with Crippen molar-refractivity contribution in [3.05, 3.63) is 0 Å². The Morgan fingerprint density at radius 1 is 1.27 bits per heavy atom. The average Bonchev–Trinajstić information content (AvgIpc) is 2.07. The van der Waals surface area contributed by atoms with Crippen molar-refractivity contribution >= 4 is 34.1 Å². The van der Waals surface area contributed by atoms with Gasteiger partial charge in [-0.3, -0.25) is 0 Å². The van der Waals surface area contributed by atoms with Crippen molar-refractivity contribution in [3.63, 3.8) is 0 Å². The highest BCUT2D eigenvalue weighted by atomic mass is 32.1. The molecule has 11 heavy (non-hydrogen) atoms. The fourth-order valence-corrected chi connectivity index (χ4v) is 1.80. The molecule has 1 heterocycles. The lowest BCUT2D eigenvalue weighted by molar-refractivity contribution is 0.382. The fraction of sp³-hybridized carbons (Fsp3) is 0.714. The quantitative estimate of drug-likeness (QED) is 0.196. The van der Waals surface area contributed by atoms with Gasteiger partial charge in [-0.2, -0.15) is 0 Å². The van der Waals surface area contributed by atoms with Crippen LogP contribution < -0.4 is 4.67 Å². The van der Waals surface area contributed by atoms with E-state index in [-0.39, 0.29) is 0 Å². The van der Waals surface area contributed by atoms with Gasteiger partial charge >= 0.3 is 21.9 Å². The summed E-state index contributed by atoms with van der Waals surface area (Å²) in [4.78, 5) is 0. The van der Waals surface area contributed by atoms with Gasteiger partial charge in [0.05, 0.1) is 25.3 Å². The standard InChI is InChI=1S/C7H10N2S2/c10-6-8-7-11-9-4-2-1-3-5-9/h1-5H2/q+2. The van der Waals surface area contributed by atoms with Crippen LogP contribution in [0.15, 0.2) is 0 Å². The third kappa shape index (κ3) is 3.54. The van der Waals surface area contributed by atoms with Crippen LogP contribution in [0.25, 0.3) is 0 Å². The summed E-state index contributed by atoms with van der Waals surface area (Å²) < 4.78 is 5.85. The molecule has 0 aromatic carbocycles. The summed E-state index contributed by atoms with van der Waals surface area (Å²) in [5.41, 5.74) is 0. The predicted octanol–water partition coefficient (Wildman–Crippen LogP) is 0.545. The van der Waals surface area contributed by atoms with E-state index in [1.807, 2.05) is 0 Å². The number of rotatable bonds is 1. The Morgan fingerprint density at radius 3 is 2.64 bits per heavy atom. The van der Waals surface area contributed by atoms with Crippen LogP contribution in [0.2, 0.25) is 0 Å². The van der Waals surface area contributed by atoms with Gasteiger partial charge in [-0.1, -0.05) is 6.42 Å². The molecule has 4 heteroatoms. The van der Waals surface area contributed by atoms with E-state index < -0.39 is 0 Å². The Morgan fingerprint density at radius 2 is 2.00 bits per heavy atom. The van der Waals surface area contributed by atoms with Crippen LogP contribution in [-0.2, 0) is 11.5 Å². The second kappa shape index (κ2) is 5.34. The van der Waals surface area contributed by atoms with Crippen LogP contribution >= 0.6 is 12.2 Å². The van der Waals surface area contributed by atoms with Gasteiger partial charge in [0.15, 0.2) is 0 Å². The van der Waals surface area contributed by atoms with Gasteiger partial charge in [0.25, 0.3) is 0 Å². The third-order valence-electron chi connectivity index (χ3n) is 1.58. The molecular formula is C7H10N2S2+2. The lowest BCUT2D eigenvalue weighted by atomic mass is 10.2. The van der Waals surface area contributed by atoms with E-state index in [9.17, 15) is 0 Å². The van der Waals surface area contributed by atoms with Crippen molar-refractivity contribution in [2.75, 3.05) is 13.1 Å². The summed E-state index contributed by atoms with van der Waals surface area (Å²) in [7, 11) is 0. The minimum atomic E-state index is 1.14. The molecule has 1 fully saturated rings. The second-order valence-corrected chi connectivity index (χ2v) is 3.44. The SMILES string of the molecule is S=C=[N+]=C=[S+]N1CCCCC1. The van der Waals surface area contributed by atoms with E-state index in [0.29, 0.717) is 0 Å². The Kier molecular flexibility index (Phi) is 4.25. The minimum absolute atomic E-state index is 1.14. The maximum atomic E-state index is 4.41. The molecule has 0 unspecified atom stereocenters. The molecule has 1 rings (SSSR count). The van der Waals surface area contributed by atoms with Gasteiger partial charge in [0, 0.05) is 0 Å². The van der Waals surface area contributed by atoms with Gasteiger partial charge in [-0.05, 0) is 17.1 Å². The Balaban J connectivity index is 2.47. The molecule has 1 saturated heterocycles. The topological polar surface area (TPSA) is 17.3 Å². The van der Waals surface area contributed by atoms with Crippen molar-refractivity contribution < 1.29 is 0 Å². The Bertz CT molecular complexity index is 227. The fourth-order valence-electron chi connectivity index (χ4n) is 1.05. The molecule has 0 aliphatic carbocycles. The molecule has 58 valence electrons. The molecule has 2 nitrogen and oxygen atoms in total. The summed E-state index contributed by atoms with van der Waals surface area (Å²) in [6.45, 7) is 2.29. The van der Waals surface area contributed by atoms with E-state index in [0.717, 1.165) is 13.1 Å². The Hall–Kier alpha value is -0.330. The van der Waals surface area contributed by atoms with Crippen molar-refractivity contribution in [1.82, 2.24) is 8.97 Å². The van der Waals surface area contributed by atoms with Gasteiger partial charge in [0.2, 0.25) is 0 Å². The van der Waals surface area contributed by atoms with Crippen molar-refractivity contribution in [1.29, 1.82) is 0 Å². The normalized spacial score (nSPS) is 17.8. The first kappa shape index (κ1) is 8.76. The molecule has 0 saturated carbocycles. The number of piperidine rings is 1. The maximum Gasteiger partial charge on any atom is 0.661 e. The molecule has 0 bridgehead atoms. The molecule has 1 aliphatic heterocycles. The molecule has 0 aromatic rings. The number of hydrogen-bond acceptors (Lipinski definition) is 2. The lowest BCUT2D eigenvalue weighted by Crippen LogP contribution is -2.25. The Labute approximate surface area is 75.7 Å². The van der Waals surface area contributed by atoms with E-state index in [2.05, 4.69) is 31.5 Å². The van der Waals surface area contributed by atoms with Gasteiger partial charge < -0.3 is 0 Å². The highest BCUT2D eigenvalue weighted by Gasteiger charge is 2.18. The van der Waals surface area contributed by atoms with Gasteiger partial charge in [-0.15, -0.1) is 0 Å². The third-order valence-corrected chi connectivity index (χ3v) is 2.46. The second-order valence-electron chi connectivity index (χ2n) is 2.38. The zero-order chi connectivity index (χ0) is 7.94. The highest BCUT2D eigenvalue weighted by molar-refractivity contribution is 7.78. The summed E-state index contributed by atoms with van der Waals surface area (Å²) in [6.07, 6.45) is 3.93. The number of thiocarbonyl (C=S) groups is 1. The molecule has 0 N–H and O–H groups in total. The molecule has 0 radical (unpaired) electrons. The molecule has 0 amide bonds. The van der Waals surface area contributed by atoms with E-state index in [4.69, 9.17) is 0 Å². The van der Waals surface area contributed by atoms with Crippen LogP contribution in [0, 0.1) is 0 Å². The van der Waals surface area contributed by atoms with Crippen molar-refractivity contribution in [2.24, 2.45) is 0 Å². The minimum Gasteiger partial charge on any atom is -0.0505 e. The summed E-state index contributed by atoms with van der Waals surface area (Å²) in [5.74, 6) is 0. The van der Waals surface area contributed by atoms with Crippen molar-refractivity contribution in [2.45, 2.75) is 19.3 Å². The van der Waals surface area contributed by atoms with Crippen LogP contribution in [0.1, 0.15) is 19.3 Å². The monoisotopic (exact) mass is 186 g/mol. The van der Waals surface area contributed by atoms with Gasteiger partial charge in [0.1, 0.15) is 4.67 Å². The largest absolute Gasteiger partial charge is 0.661 e. The highest BCUT2D eigenvalue weighted by Crippen LogP contribution is 2.06. The van der Waals surface area contributed by atoms with Crippen molar-refractivity contribution in [3.8, 4) is 0 Å². The van der Waals surface area contributed by atoms with E-state index in [1.54, 1.807) is 0 Å².